The van der Waals surface area contributed by atoms with Gasteiger partial charge in [0, 0.05) is 45.3 Å². The van der Waals surface area contributed by atoms with Crippen LogP contribution < -0.4 is 26.6 Å². The average Bonchev–Trinajstić information content (AvgIpc) is 2.45. The highest BCUT2D eigenvalue weighted by Crippen LogP contribution is 1.81. The summed E-state index contributed by atoms with van der Waals surface area (Å²) in [6, 6.07) is 0.599. The van der Waals surface area contributed by atoms with E-state index in [9.17, 15) is 14.4 Å². The predicted molar refractivity (Wildman–Crippen MR) is 112 cm³/mol. The number of nitrogens with one attached hydrogen (secondary N) is 5. The molecule has 0 atom stereocenters. The quantitative estimate of drug-likeness (QED) is 0.506. The molecule has 0 aromatic carbocycles. The maximum Gasteiger partial charge on any atom is 0.317 e. The lowest BCUT2D eigenvalue weighted by atomic mass is 10.4. The van der Waals surface area contributed by atoms with Crippen molar-refractivity contribution >= 4 is 18.1 Å². The summed E-state index contributed by atoms with van der Waals surface area (Å²) in [7, 11) is 5.03. The van der Waals surface area contributed by atoms with Crippen molar-refractivity contribution in [1.29, 1.82) is 0 Å². The molecule has 0 unspecified atom stereocenters. The Kier molecular flexibility index (Phi) is 18.9. The van der Waals surface area contributed by atoms with Crippen LogP contribution >= 0.6 is 0 Å². The molecule has 0 fully saturated rings. The molecule has 5 N–H and O–H groups in total. The van der Waals surface area contributed by atoms with Crippen molar-refractivity contribution in [2.45, 2.75) is 79.6 Å². The van der Waals surface area contributed by atoms with E-state index >= 15 is 0 Å². The summed E-state index contributed by atoms with van der Waals surface area (Å²) in [6.07, 6.45) is 0. The van der Waals surface area contributed by atoms with Gasteiger partial charge in [0.05, 0.1) is 0 Å². The number of hydrogen-bond donors (Lipinski definition) is 5. The number of amides is 6. The van der Waals surface area contributed by atoms with Crippen LogP contribution in [-0.4, -0.2) is 68.3 Å². The Balaban J connectivity index is -0.000000322. The van der Waals surface area contributed by atoms with Crippen LogP contribution in [0.15, 0.2) is 0 Å². The predicted octanol–water partition coefficient (Wildman–Crippen LogP) is 2.09. The van der Waals surface area contributed by atoms with Crippen LogP contribution in [0.5, 0.6) is 0 Å². The minimum Gasteiger partial charge on any atom is -0.341 e. The second kappa shape index (κ2) is 17.2. The van der Waals surface area contributed by atoms with Crippen LogP contribution in [0.1, 0.15) is 55.4 Å². The van der Waals surface area contributed by atoms with Gasteiger partial charge in [-0.05, 0) is 55.4 Å². The molecule has 0 rings (SSSR count). The summed E-state index contributed by atoms with van der Waals surface area (Å²) in [4.78, 5) is 33.5. The fourth-order valence-electron chi connectivity index (χ4n) is 1.28. The molecule has 9 nitrogen and oxygen atoms in total. The number of hydrogen-bond acceptors (Lipinski definition) is 3. The highest BCUT2D eigenvalue weighted by Gasteiger charge is 2.03. The van der Waals surface area contributed by atoms with Crippen molar-refractivity contribution < 1.29 is 14.4 Å². The second-order valence-corrected chi connectivity index (χ2v) is 7.30. The van der Waals surface area contributed by atoms with Gasteiger partial charge in [0.1, 0.15) is 0 Å². The summed E-state index contributed by atoms with van der Waals surface area (Å²) in [5.41, 5.74) is 0. The van der Waals surface area contributed by atoms with Gasteiger partial charge in [-0.2, -0.15) is 0 Å². The number of rotatable bonds is 4. The Labute approximate surface area is 165 Å². The van der Waals surface area contributed by atoms with Crippen LogP contribution in [-0.2, 0) is 0 Å². The van der Waals surface area contributed by atoms with E-state index in [1.807, 2.05) is 55.4 Å². The van der Waals surface area contributed by atoms with Crippen molar-refractivity contribution in [1.82, 2.24) is 31.5 Å². The van der Waals surface area contributed by atoms with E-state index in [2.05, 4.69) is 26.6 Å². The Morgan fingerprint density at radius 1 is 0.593 bits per heavy atom. The molecule has 0 spiro atoms. The highest BCUT2D eigenvalue weighted by atomic mass is 16.2. The molecule has 0 aliphatic rings. The standard InChI is InChI=1S/C7H16N2O.C6H14N2O.C5H12N2O/c1-5(2)8-7(10)9-6(3)4;1-5(2)7-6(9)8(3)4;1-4(2)7-5(8)6-3/h5-6H,1-4H3,(H2,8,9,10);5H,1-4H3,(H,7,9);4H,1-3H3,(H2,6,7,8). The van der Waals surface area contributed by atoms with Gasteiger partial charge in [0.25, 0.3) is 0 Å². The summed E-state index contributed by atoms with van der Waals surface area (Å²) >= 11 is 0. The molecule has 27 heavy (non-hydrogen) atoms. The van der Waals surface area contributed by atoms with Gasteiger partial charge in [0.2, 0.25) is 0 Å². The largest absolute Gasteiger partial charge is 0.341 e. The average molecular weight is 391 g/mol. The van der Waals surface area contributed by atoms with Crippen molar-refractivity contribution in [3.05, 3.63) is 0 Å². The third-order valence-electron chi connectivity index (χ3n) is 2.30. The summed E-state index contributed by atoms with van der Waals surface area (Å²) in [5, 5.41) is 13.3. The molecule has 9 heteroatoms. The molecule has 0 saturated carbocycles. The fraction of sp³-hybridized carbons (Fsp3) is 0.833. The zero-order valence-electron chi connectivity index (χ0n) is 19.0. The molecule has 0 bridgehead atoms. The van der Waals surface area contributed by atoms with Crippen molar-refractivity contribution in [2.24, 2.45) is 0 Å². The monoisotopic (exact) mass is 390 g/mol. The number of urea groups is 3. The topological polar surface area (TPSA) is 115 Å². The van der Waals surface area contributed by atoms with Crippen LogP contribution in [0.2, 0.25) is 0 Å². The van der Waals surface area contributed by atoms with E-state index in [1.54, 1.807) is 21.1 Å². The Hall–Kier alpha value is -2.19. The van der Waals surface area contributed by atoms with Gasteiger partial charge in [-0.3, -0.25) is 0 Å². The summed E-state index contributed by atoms with van der Waals surface area (Å²) in [6.45, 7) is 15.4. The Bertz CT molecular complexity index is 398. The molecule has 162 valence electrons. The molecule has 6 amide bonds. The first kappa shape index (κ1) is 29.6. The van der Waals surface area contributed by atoms with Crippen LogP contribution in [0.4, 0.5) is 14.4 Å². The first-order valence-electron chi connectivity index (χ1n) is 9.25. The Morgan fingerprint density at radius 3 is 1.04 bits per heavy atom. The lowest BCUT2D eigenvalue weighted by Gasteiger charge is -2.13. The van der Waals surface area contributed by atoms with Crippen LogP contribution in [0.3, 0.4) is 0 Å². The van der Waals surface area contributed by atoms with E-state index in [1.165, 1.54) is 4.90 Å². The SMILES string of the molecule is CC(C)NC(=O)N(C)C.CC(C)NC(=O)NC(C)C.CNC(=O)NC(C)C. The molecule has 0 heterocycles. The molecule has 0 aliphatic heterocycles. The maximum atomic E-state index is 10.8. The van der Waals surface area contributed by atoms with Crippen LogP contribution in [0, 0.1) is 0 Å². The fourth-order valence-corrected chi connectivity index (χ4v) is 1.28. The highest BCUT2D eigenvalue weighted by molar-refractivity contribution is 5.74. The first-order chi connectivity index (χ1) is 12.2. The van der Waals surface area contributed by atoms with E-state index in [-0.39, 0.29) is 42.3 Å². The molecule has 0 radical (unpaired) electrons. The Morgan fingerprint density at radius 2 is 0.889 bits per heavy atom. The molecule has 0 aromatic heterocycles. The number of carbonyl (C=O) groups excluding carboxylic acids is 3. The third kappa shape index (κ3) is 28.9. The summed E-state index contributed by atoms with van der Waals surface area (Å²) in [5.74, 6) is 0. The van der Waals surface area contributed by atoms with Crippen molar-refractivity contribution in [2.75, 3.05) is 21.1 Å². The molecule has 0 aromatic rings. The normalized spacial score (nSPS) is 9.59. The van der Waals surface area contributed by atoms with Crippen LogP contribution in [0.25, 0.3) is 0 Å². The van der Waals surface area contributed by atoms with Gasteiger partial charge in [-0.1, -0.05) is 0 Å². The molecular formula is C18H42N6O3. The lowest BCUT2D eigenvalue weighted by molar-refractivity contribution is 0.215. The van der Waals surface area contributed by atoms with E-state index in [0.717, 1.165) is 0 Å². The lowest BCUT2D eigenvalue weighted by Crippen LogP contribution is -2.42. The molecular weight excluding hydrogens is 348 g/mol. The minimum atomic E-state index is -0.125. The molecule has 0 aliphatic carbocycles. The number of carbonyl (C=O) groups is 3. The maximum absolute atomic E-state index is 10.8. The van der Waals surface area contributed by atoms with Crippen molar-refractivity contribution in [3.63, 3.8) is 0 Å². The minimum absolute atomic E-state index is 0.0370. The zero-order valence-corrected chi connectivity index (χ0v) is 19.0. The smallest absolute Gasteiger partial charge is 0.317 e. The molecule has 0 saturated heterocycles. The zero-order chi connectivity index (χ0) is 22.2. The second-order valence-electron chi connectivity index (χ2n) is 7.30. The van der Waals surface area contributed by atoms with Gasteiger partial charge in [-0.15, -0.1) is 0 Å². The third-order valence-corrected chi connectivity index (χ3v) is 2.30. The summed E-state index contributed by atoms with van der Waals surface area (Å²) < 4.78 is 0. The van der Waals surface area contributed by atoms with Gasteiger partial charge >= 0.3 is 18.1 Å². The van der Waals surface area contributed by atoms with E-state index in [0.29, 0.717) is 0 Å². The van der Waals surface area contributed by atoms with Crippen molar-refractivity contribution in [3.8, 4) is 0 Å². The first-order valence-corrected chi connectivity index (χ1v) is 9.25. The number of nitrogens with zero attached hydrogens (tertiary/aromatic N) is 1. The van der Waals surface area contributed by atoms with Gasteiger partial charge in [0.15, 0.2) is 0 Å². The van der Waals surface area contributed by atoms with Gasteiger partial charge in [-0.25, -0.2) is 14.4 Å². The van der Waals surface area contributed by atoms with E-state index < -0.39 is 0 Å². The van der Waals surface area contributed by atoms with E-state index in [4.69, 9.17) is 0 Å². The van der Waals surface area contributed by atoms with Gasteiger partial charge < -0.3 is 31.5 Å².